The zero-order valence-corrected chi connectivity index (χ0v) is 18.9. The lowest BCUT2D eigenvalue weighted by molar-refractivity contribution is 0.190. The van der Waals surface area contributed by atoms with E-state index in [2.05, 4.69) is 6.92 Å². The van der Waals surface area contributed by atoms with E-state index in [0.29, 0.717) is 11.5 Å². The van der Waals surface area contributed by atoms with Gasteiger partial charge in [0, 0.05) is 11.1 Å². The molecule has 0 N–H and O–H groups in total. The van der Waals surface area contributed by atoms with Crippen LogP contribution < -0.4 is 0 Å². The van der Waals surface area contributed by atoms with Crippen LogP contribution in [0.1, 0.15) is 63.9 Å². The highest BCUT2D eigenvalue weighted by molar-refractivity contribution is 5.71. The van der Waals surface area contributed by atoms with E-state index in [4.69, 9.17) is 0 Å². The van der Waals surface area contributed by atoms with Crippen molar-refractivity contribution in [3.8, 4) is 22.3 Å². The fourth-order valence-corrected chi connectivity index (χ4v) is 5.55. The van der Waals surface area contributed by atoms with Crippen molar-refractivity contribution in [3.63, 3.8) is 0 Å². The molecule has 0 spiro atoms. The van der Waals surface area contributed by atoms with E-state index in [0.717, 1.165) is 43.2 Å². The van der Waals surface area contributed by atoms with Crippen LogP contribution in [0.5, 0.6) is 0 Å². The summed E-state index contributed by atoms with van der Waals surface area (Å²) in [5.74, 6) is -2.31. The SMILES string of the molecule is CCCC1CCCCC1C(C)c1c(F)cc(-c2ccc(-c3ccccc3)cc2)c(F)c1F. The van der Waals surface area contributed by atoms with Crippen molar-refractivity contribution >= 4 is 0 Å². The fourth-order valence-electron chi connectivity index (χ4n) is 5.55. The van der Waals surface area contributed by atoms with Crippen LogP contribution in [0.2, 0.25) is 0 Å². The van der Waals surface area contributed by atoms with Gasteiger partial charge in [0.25, 0.3) is 0 Å². The molecule has 1 aliphatic carbocycles. The Balaban J connectivity index is 1.65. The van der Waals surface area contributed by atoms with E-state index in [1.165, 1.54) is 12.5 Å². The molecule has 0 bridgehead atoms. The maximum Gasteiger partial charge on any atom is 0.167 e. The van der Waals surface area contributed by atoms with Crippen molar-refractivity contribution < 1.29 is 13.2 Å². The lowest BCUT2D eigenvalue weighted by Gasteiger charge is -2.36. The summed E-state index contributed by atoms with van der Waals surface area (Å²) in [5, 5.41) is 0. The molecule has 0 heterocycles. The fraction of sp³-hybridized carbons (Fsp3) is 0.379. The maximum atomic E-state index is 15.3. The molecule has 168 valence electrons. The van der Waals surface area contributed by atoms with Crippen LogP contribution in [0.25, 0.3) is 22.3 Å². The predicted molar refractivity (Wildman–Crippen MR) is 126 cm³/mol. The Hall–Kier alpha value is -2.55. The molecule has 1 saturated carbocycles. The second-order valence-electron chi connectivity index (χ2n) is 9.18. The molecular formula is C29H31F3. The molecule has 0 nitrogen and oxygen atoms in total. The van der Waals surface area contributed by atoms with Gasteiger partial charge in [-0.25, -0.2) is 13.2 Å². The number of hydrogen-bond acceptors (Lipinski definition) is 0. The lowest BCUT2D eigenvalue weighted by atomic mass is 9.69. The average Bonchev–Trinajstić information content (AvgIpc) is 2.82. The Morgan fingerprint density at radius 3 is 2.12 bits per heavy atom. The summed E-state index contributed by atoms with van der Waals surface area (Å²) in [6, 6.07) is 18.2. The summed E-state index contributed by atoms with van der Waals surface area (Å²) in [6.45, 7) is 4.02. The van der Waals surface area contributed by atoms with Crippen LogP contribution in [0.15, 0.2) is 60.7 Å². The molecule has 32 heavy (non-hydrogen) atoms. The third-order valence-corrected chi connectivity index (χ3v) is 7.22. The number of halogens is 3. The third kappa shape index (κ3) is 4.48. The van der Waals surface area contributed by atoms with Crippen molar-refractivity contribution in [1.29, 1.82) is 0 Å². The minimum absolute atomic E-state index is 0.0238. The first-order chi connectivity index (χ1) is 15.5. The Kier molecular flexibility index (Phi) is 7.03. The molecule has 0 aromatic heterocycles. The van der Waals surface area contributed by atoms with E-state index in [-0.39, 0.29) is 23.0 Å². The molecule has 3 unspecified atom stereocenters. The van der Waals surface area contributed by atoms with Crippen LogP contribution in [0.4, 0.5) is 13.2 Å². The van der Waals surface area contributed by atoms with Crippen LogP contribution in [-0.4, -0.2) is 0 Å². The van der Waals surface area contributed by atoms with E-state index in [9.17, 15) is 0 Å². The van der Waals surface area contributed by atoms with Gasteiger partial charge in [-0.2, -0.15) is 0 Å². The minimum Gasteiger partial charge on any atom is -0.207 e. The zero-order valence-electron chi connectivity index (χ0n) is 18.9. The third-order valence-electron chi connectivity index (χ3n) is 7.22. The first kappa shape index (κ1) is 22.6. The number of rotatable bonds is 6. The molecule has 1 aliphatic rings. The second-order valence-corrected chi connectivity index (χ2v) is 9.18. The lowest BCUT2D eigenvalue weighted by Crippen LogP contribution is -2.26. The van der Waals surface area contributed by atoms with Crippen LogP contribution in [0, 0.1) is 29.3 Å². The highest BCUT2D eigenvalue weighted by atomic mass is 19.2. The van der Waals surface area contributed by atoms with Gasteiger partial charge in [0.2, 0.25) is 0 Å². The van der Waals surface area contributed by atoms with Crippen LogP contribution in [0.3, 0.4) is 0 Å². The first-order valence-electron chi connectivity index (χ1n) is 11.8. The van der Waals surface area contributed by atoms with Crippen LogP contribution >= 0.6 is 0 Å². The Bertz CT molecular complexity index is 1040. The van der Waals surface area contributed by atoms with E-state index < -0.39 is 17.5 Å². The van der Waals surface area contributed by atoms with Crippen molar-refractivity contribution in [2.75, 3.05) is 0 Å². The van der Waals surface area contributed by atoms with Crippen LogP contribution in [-0.2, 0) is 0 Å². The number of benzene rings is 3. The highest BCUT2D eigenvalue weighted by Gasteiger charge is 2.34. The maximum absolute atomic E-state index is 15.3. The standard InChI is InChI=1S/C29H31F3/c1-3-9-22-12-7-8-13-24(22)19(2)27-26(30)18-25(28(31)29(27)32)23-16-14-21(15-17-23)20-10-5-4-6-11-20/h4-6,10-11,14-19,22,24H,3,7-9,12-13H2,1-2H3. The predicted octanol–water partition coefficient (Wildman–Crippen LogP) is 9.15. The molecule has 0 amide bonds. The van der Waals surface area contributed by atoms with E-state index >= 15 is 13.2 Å². The minimum atomic E-state index is -1.03. The van der Waals surface area contributed by atoms with Gasteiger partial charge in [-0.05, 0) is 46.9 Å². The molecular weight excluding hydrogens is 405 g/mol. The normalized spacial score (nSPS) is 19.7. The number of hydrogen-bond donors (Lipinski definition) is 0. The summed E-state index contributed by atoms with van der Waals surface area (Å²) in [6.07, 6.45) is 6.42. The highest BCUT2D eigenvalue weighted by Crippen LogP contribution is 2.44. The molecule has 1 fully saturated rings. The molecule has 3 aromatic rings. The molecule has 3 aromatic carbocycles. The molecule has 0 aliphatic heterocycles. The molecule has 0 saturated heterocycles. The smallest absolute Gasteiger partial charge is 0.167 e. The summed E-state index contributed by atoms with van der Waals surface area (Å²) in [5.41, 5.74) is 2.38. The first-order valence-corrected chi connectivity index (χ1v) is 11.8. The zero-order chi connectivity index (χ0) is 22.7. The molecule has 3 heteroatoms. The summed E-state index contributed by atoms with van der Waals surface area (Å²) in [7, 11) is 0. The van der Waals surface area contributed by atoms with Crippen molar-refractivity contribution in [2.24, 2.45) is 11.8 Å². The van der Waals surface area contributed by atoms with Gasteiger partial charge in [0.05, 0.1) is 0 Å². The monoisotopic (exact) mass is 436 g/mol. The van der Waals surface area contributed by atoms with Gasteiger partial charge in [-0.3, -0.25) is 0 Å². The van der Waals surface area contributed by atoms with Crippen molar-refractivity contribution in [3.05, 3.63) is 83.7 Å². The van der Waals surface area contributed by atoms with E-state index in [1.807, 2.05) is 49.4 Å². The topological polar surface area (TPSA) is 0 Å². The van der Waals surface area contributed by atoms with Crippen molar-refractivity contribution in [1.82, 2.24) is 0 Å². The Labute approximate surface area is 189 Å². The Morgan fingerprint density at radius 2 is 1.44 bits per heavy atom. The summed E-state index contributed by atoms with van der Waals surface area (Å²) < 4.78 is 45.7. The molecule has 0 radical (unpaired) electrons. The van der Waals surface area contributed by atoms with Gasteiger partial charge in [-0.1, -0.05) is 101 Å². The summed E-state index contributed by atoms with van der Waals surface area (Å²) in [4.78, 5) is 0. The van der Waals surface area contributed by atoms with Gasteiger partial charge in [-0.15, -0.1) is 0 Å². The van der Waals surface area contributed by atoms with Crippen molar-refractivity contribution in [2.45, 2.75) is 58.3 Å². The quantitative estimate of drug-likeness (QED) is 0.338. The summed E-state index contributed by atoms with van der Waals surface area (Å²) >= 11 is 0. The van der Waals surface area contributed by atoms with Gasteiger partial charge >= 0.3 is 0 Å². The average molecular weight is 437 g/mol. The largest absolute Gasteiger partial charge is 0.207 e. The second kappa shape index (κ2) is 9.94. The molecule has 4 rings (SSSR count). The van der Waals surface area contributed by atoms with Gasteiger partial charge in [0.1, 0.15) is 5.82 Å². The van der Waals surface area contributed by atoms with Gasteiger partial charge in [0.15, 0.2) is 11.6 Å². The van der Waals surface area contributed by atoms with E-state index in [1.54, 1.807) is 12.1 Å². The molecule has 3 atom stereocenters. The Morgan fingerprint density at radius 1 is 0.812 bits per heavy atom. The van der Waals surface area contributed by atoms with Gasteiger partial charge < -0.3 is 0 Å².